The van der Waals surface area contributed by atoms with Crippen LogP contribution in [0.25, 0.3) is 11.0 Å². The lowest BCUT2D eigenvalue weighted by molar-refractivity contribution is -0.123. The summed E-state index contributed by atoms with van der Waals surface area (Å²) < 4.78 is 20.5. The fraction of sp³-hybridized carbons (Fsp3) is 0.345. The summed E-state index contributed by atoms with van der Waals surface area (Å²) in [5, 5.41) is 11.7. The van der Waals surface area contributed by atoms with Crippen molar-refractivity contribution in [2.45, 2.75) is 52.4 Å². The molecule has 4 fully saturated rings. The molecule has 408 valence electrons. The zero-order valence-corrected chi connectivity index (χ0v) is 47.5. The van der Waals surface area contributed by atoms with Crippen molar-refractivity contribution in [1.29, 1.82) is 0 Å². The Morgan fingerprint density at radius 2 is 1.18 bits per heavy atom. The van der Waals surface area contributed by atoms with Crippen molar-refractivity contribution in [3.05, 3.63) is 159 Å². The Morgan fingerprint density at radius 3 is 1.70 bits per heavy atom. The minimum atomic E-state index is -0.303. The smallest absolute Gasteiger partial charge is 0.298 e. The first-order chi connectivity index (χ1) is 38.3. The lowest BCUT2D eigenvalue weighted by atomic mass is 9.68. The summed E-state index contributed by atoms with van der Waals surface area (Å²) in [5.74, 6) is 2.81. The molecule has 6 aromatic heterocycles. The van der Waals surface area contributed by atoms with Crippen LogP contribution in [0.3, 0.4) is 0 Å². The molecule has 12 rings (SSSR count). The average Bonchev–Trinajstić information content (AvgIpc) is 4.40. The van der Waals surface area contributed by atoms with Crippen LogP contribution in [-0.2, 0) is 27.2 Å². The maximum atomic E-state index is 14.0. The van der Waals surface area contributed by atoms with Crippen LogP contribution in [0.1, 0.15) is 58.6 Å². The van der Waals surface area contributed by atoms with Gasteiger partial charge in [0.25, 0.3) is 12.4 Å². The number of aryl methyl sites for hydroxylation is 2. The molecule has 19 nitrogen and oxygen atoms in total. The van der Waals surface area contributed by atoms with E-state index >= 15 is 0 Å². The monoisotopic (exact) mass is 1190 g/mol. The number of nitrogens with zero attached hydrogens (tertiary/aromatic N) is 11. The molecule has 0 saturated carbocycles. The number of benzene rings is 2. The molecule has 2 unspecified atom stereocenters. The molecule has 2 atom stereocenters. The third kappa shape index (κ3) is 11.5. The second-order valence-corrected chi connectivity index (χ2v) is 22.1. The molecular weight excluding hydrogens is 1140 g/mol. The zero-order valence-electron chi connectivity index (χ0n) is 44.3. The maximum absolute atomic E-state index is 14.0. The minimum Gasteiger partial charge on any atom is -0.497 e. The summed E-state index contributed by atoms with van der Waals surface area (Å²) in [5.41, 5.74) is 5.63. The molecule has 4 aliphatic rings. The van der Waals surface area contributed by atoms with Gasteiger partial charge in [0.2, 0.25) is 23.7 Å². The number of nitrogens with one attached hydrogen (secondary N) is 1. The van der Waals surface area contributed by atoms with E-state index in [-0.39, 0.29) is 40.4 Å². The fourth-order valence-corrected chi connectivity index (χ4v) is 11.9. The Hall–Kier alpha value is -7.62. The molecule has 21 heteroatoms. The van der Waals surface area contributed by atoms with Crippen LogP contribution in [0.5, 0.6) is 17.2 Å². The first-order valence-electron chi connectivity index (χ1n) is 26.1. The van der Waals surface area contributed by atoms with Crippen LogP contribution in [-0.4, -0.2) is 122 Å². The average molecular weight is 1200 g/mol. The normalized spacial score (nSPS) is 18.3. The van der Waals surface area contributed by atoms with Crippen LogP contribution in [0.15, 0.2) is 131 Å². The minimum absolute atomic E-state index is 0.0246. The number of hydrogen-bond acceptors (Lipinski definition) is 14. The first-order valence-corrected chi connectivity index (χ1v) is 27.7. The van der Waals surface area contributed by atoms with Gasteiger partial charge in [-0.1, -0.05) is 36.4 Å². The molecule has 4 saturated heterocycles. The highest BCUT2D eigenvalue weighted by Crippen LogP contribution is 2.49. The quantitative estimate of drug-likeness (QED) is 0.121. The van der Waals surface area contributed by atoms with E-state index in [0.29, 0.717) is 81.5 Å². The molecule has 79 heavy (non-hydrogen) atoms. The van der Waals surface area contributed by atoms with E-state index in [1.165, 1.54) is 6.20 Å². The highest BCUT2D eigenvalue weighted by molar-refractivity contribution is 9.10. The second-order valence-electron chi connectivity index (χ2n) is 20.4. The van der Waals surface area contributed by atoms with Crippen molar-refractivity contribution < 1.29 is 33.4 Å². The van der Waals surface area contributed by atoms with E-state index in [4.69, 9.17) is 14.2 Å². The summed E-state index contributed by atoms with van der Waals surface area (Å²) >= 11 is 6.90. The molecule has 3 amide bonds. The first kappa shape index (κ1) is 54.7. The van der Waals surface area contributed by atoms with Crippen molar-refractivity contribution in [2.75, 3.05) is 63.3 Å². The molecular formula is C58H60Br2N12O7. The summed E-state index contributed by atoms with van der Waals surface area (Å²) in [6.07, 6.45) is 14.9. The molecule has 0 radical (unpaired) electrons. The number of carbonyl (C=O) groups is 4. The van der Waals surface area contributed by atoms with Gasteiger partial charge in [-0.05, 0) is 157 Å². The Morgan fingerprint density at radius 1 is 0.671 bits per heavy atom. The van der Waals surface area contributed by atoms with Crippen LogP contribution in [0, 0.1) is 36.5 Å². The number of likely N-dealkylation sites (tertiary alicyclic amines) is 1. The lowest BCUT2D eigenvalue weighted by Crippen LogP contribution is -2.47. The van der Waals surface area contributed by atoms with Crippen molar-refractivity contribution in [1.82, 2.24) is 49.4 Å². The van der Waals surface area contributed by atoms with Crippen LogP contribution < -0.4 is 29.3 Å². The Bertz CT molecular complexity index is 3520. The van der Waals surface area contributed by atoms with Gasteiger partial charge in [0.15, 0.2) is 5.75 Å². The SMILES string of the molecule is COc1cccc(CC2C(=O)N(c3ncc(Br)c(C)n3)CC23CCN(C(=O)c2cnn4ccccc24)CC3)c1.COc1cccc(CC2C(=O)N(c3ncc(Br)c(C)n3)CC23CCNCC3)c1.O=COc1cnn2ccccc12. The van der Waals surface area contributed by atoms with Crippen molar-refractivity contribution in [3.63, 3.8) is 0 Å². The van der Waals surface area contributed by atoms with Gasteiger partial charge >= 0.3 is 0 Å². The van der Waals surface area contributed by atoms with Gasteiger partial charge in [0.1, 0.15) is 17.0 Å². The van der Waals surface area contributed by atoms with E-state index in [1.54, 1.807) is 57.8 Å². The highest BCUT2D eigenvalue weighted by Gasteiger charge is 2.55. The van der Waals surface area contributed by atoms with Gasteiger partial charge in [-0.3, -0.25) is 29.0 Å². The van der Waals surface area contributed by atoms with Crippen molar-refractivity contribution in [3.8, 4) is 17.2 Å². The zero-order chi connectivity index (χ0) is 55.3. The van der Waals surface area contributed by atoms with Crippen LogP contribution in [0.2, 0.25) is 0 Å². The van der Waals surface area contributed by atoms with E-state index in [2.05, 4.69) is 73.4 Å². The molecule has 2 spiro atoms. The van der Waals surface area contributed by atoms with Gasteiger partial charge in [0, 0.05) is 61.8 Å². The summed E-state index contributed by atoms with van der Waals surface area (Å²) in [4.78, 5) is 74.6. The van der Waals surface area contributed by atoms with E-state index in [1.807, 2.05) is 104 Å². The Kier molecular flexibility index (Phi) is 16.5. The number of pyridine rings is 2. The van der Waals surface area contributed by atoms with Gasteiger partial charge in [-0.25, -0.2) is 29.0 Å². The van der Waals surface area contributed by atoms with Gasteiger partial charge in [0.05, 0.1) is 69.9 Å². The number of piperidine rings is 2. The van der Waals surface area contributed by atoms with E-state index < -0.39 is 0 Å². The molecule has 0 bridgehead atoms. The van der Waals surface area contributed by atoms with Crippen molar-refractivity contribution >= 4 is 79.0 Å². The Balaban J connectivity index is 0.000000152. The number of fused-ring (bicyclic) bond motifs is 2. The molecule has 0 aliphatic carbocycles. The maximum Gasteiger partial charge on any atom is 0.298 e. The molecule has 4 aliphatic heterocycles. The number of amides is 3. The lowest BCUT2D eigenvalue weighted by Gasteiger charge is -2.41. The summed E-state index contributed by atoms with van der Waals surface area (Å²) in [6, 6.07) is 27.2. The number of rotatable bonds is 11. The Labute approximate surface area is 474 Å². The van der Waals surface area contributed by atoms with Crippen LogP contribution >= 0.6 is 31.9 Å². The van der Waals surface area contributed by atoms with Crippen LogP contribution in [0.4, 0.5) is 11.9 Å². The number of methoxy groups -OCH3 is 2. The largest absolute Gasteiger partial charge is 0.497 e. The molecule has 2 aromatic carbocycles. The fourth-order valence-electron chi connectivity index (χ4n) is 11.5. The third-order valence-electron chi connectivity index (χ3n) is 15.9. The van der Waals surface area contributed by atoms with E-state index in [9.17, 15) is 19.2 Å². The van der Waals surface area contributed by atoms with Gasteiger partial charge in [-0.15, -0.1) is 0 Å². The number of aromatic nitrogens is 8. The number of hydrogen-bond donors (Lipinski definition) is 1. The predicted molar refractivity (Wildman–Crippen MR) is 303 cm³/mol. The summed E-state index contributed by atoms with van der Waals surface area (Å²) in [7, 11) is 3.32. The molecule has 8 aromatic rings. The van der Waals surface area contributed by atoms with Gasteiger partial charge in [-0.2, -0.15) is 10.2 Å². The molecule has 10 heterocycles. The number of halogens is 2. The van der Waals surface area contributed by atoms with Crippen molar-refractivity contribution in [2.24, 2.45) is 22.7 Å². The second kappa shape index (κ2) is 23.8. The number of carbonyl (C=O) groups excluding carboxylic acids is 4. The third-order valence-corrected chi connectivity index (χ3v) is 17.4. The molecule has 1 N–H and O–H groups in total. The number of ether oxygens (including phenoxy) is 3. The highest BCUT2D eigenvalue weighted by atomic mass is 79.9. The van der Waals surface area contributed by atoms with E-state index in [0.717, 1.165) is 79.9 Å². The van der Waals surface area contributed by atoms with Gasteiger partial charge < -0.3 is 24.4 Å². The standard InChI is InChI=1S/C29H29BrN6O3.C21H25BrN4O2.C8H6N2O2/c1-19-24(30)17-31-28(33-19)35-18-29(23(27(35)38)15-20-6-5-7-21(14-20)39-2)9-12-34(13-10-29)26(37)22-16-32-36-11-4-3-8-25(22)36;1-14-18(22)12-24-20(25-14)26-13-21(6-8-23-9-7-21)17(19(26)27)11-15-4-3-5-16(10-15)28-2;11-6-12-8-5-9-10-4-2-1-3-7(8)10/h3-8,11,14,16-17,23H,9-10,12-13,15,18H2,1-2H3;3-5,10,12,17,23H,6-9,11,13H2,1-2H3;1-6H. The summed E-state index contributed by atoms with van der Waals surface area (Å²) in [6.45, 7) is 8.44. The number of anilines is 2. The topological polar surface area (TPSA) is 204 Å². The predicted octanol–water partition coefficient (Wildman–Crippen LogP) is 8.33.